The molecule has 2 aromatic rings. The number of nitrogens with zero attached hydrogens (tertiary/aromatic N) is 3. The topological polar surface area (TPSA) is 96.9 Å². The zero-order chi connectivity index (χ0) is 20.1. The van der Waals surface area contributed by atoms with E-state index in [0.717, 1.165) is 37.8 Å². The van der Waals surface area contributed by atoms with E-state index < -0.39 is 0 Å². The Balaban J connectivity index is 1.38. The highest BCUT2D eigenvalue weighted by atomic mass is 16.2. The van der Waals surface area contributed by atoms with E-state index in [1.807, 2.05) is 13.0 Å². The Hall–Kier alpha value is -2.83. The average molecular weight is 391 g/mol. The maximum Gasteiger partial charge on any atom is 0.289 e. The minimum atomic E-state index is -0.300. The van der Waals surface area contributed by atoms with E-state index in [9.17, 15) is 9.59 Å². The monoisotopic (exact) mass is 391 g/mol. The Morgan fingerprint density at radius 2 is 1.62 bits per heavy atom. The van der Waals surface area contributed by atoms with Crippen molar-refractivity contribution >= 4 is 11.8 Å². The van der Waals surface area contributed by atoms with Crippen LogP contribution in [0, 0.1) is 18.8 Å². The van der Waals surface area contributed by atoms with Gasteiger partial charge in [-0.15, -0.1) is 0 Å². The molecular formula is C22H25N5O2. The molecule has 2 amide bonds. The summed E-state index contributed by atoms with van der Waals surface area (Å²) in [4.78, 5) is 38.3. The van der Waals surface area contributed by atoms with Crippen LogP contribution in [-0.2, 0) is 0 Å². The van der Waals surface area contributed by atoms with Crippen LogP contribution in [0.25, 0.3) is 0 Å². The molecule has 7 heteroatoms. The number of hydrogen-bond donors (Lipinski definition) is 2. The van der Waals surface area contributed by atoms with Gasteiger partial charge in [-0.25, -0.2) is 9.97 Å². The normalized spacial score (nSPS) is 32.0. The van der Waals surface area contributed by atoms with Crippen LogP contribution in [0.2, 0.25) is 0 Å². The third kappa shape index (κ3) is 3.39. The van der Waals surface area contributed by atoms with Crippen molar-refractivity contribution in [3.05, 3.63) is 53.9 Å². The highest BCUT2D eigenvalue weighted by Gasteiger charge is 2.59. The Morgan fingerprint density at radius 3 is 2.24 bits per heavy atom. The summed E-state index contributed by atoms with van der Waals surface area (Å²) in [6.07, 6.45) is 9.05. The van der Waals surface area contributed by atoms with E-state index in [1.165, 1.54) is 6.42 Å². The van der Waals surface area contributed by atoms with Gasteiger partial charge in [-0.3, -0.25) is 14.6 Å². The van der Waals surface area contributed by atoms with Crippen molar-refractivity contribution in [2.24, 2.45) is 11.8 Å². The fourth-order valence-corrected chi connectivity index (χ4v) is 6.21. The van der Waals surface area contributed by atoms with E-state index in [0.29, 0.717) is 17.5 Å². The van der Waals surface area contributed by atoms with Crippen molar-refractivity contribution in [2.45, 2.75) is 56.5 Å². The van der Waals surface area contributed by atoms with E-state index in [1.54, 1.807) is 30.6 Å². The highest BCUT2D eigenvalue weighted by Crippen LogP contribution is 2.57. The Labute approximate surface area is 169 Å². The summed E-state index contributed by atoms with van der Waals surface area (Å²) in [5, 5.41) is 6.58. The molecule has 0 saturated heterocycles. The van der Waals surface area contributed by atoms with Crippen molar-refractivity contribution in [3.8, 4) is 0 Å². The standard InChI is InChI=1S/C22H25N5O2/c1-14-5-7-24-18(25-14)20(29)27-22-11-15-8-16(12-22)10-21(9-15,13-22)26-19(28)17-4-2-3-6-23-17/h2-7,15-16H,8-13H2,1H3,(H,26,28)(H,27,29). The van der Waals surface area contributed by atoms with E-state index in [4.69, 9.17) is 0 Å². The van der Waals surface area contributed by atoms with Crippen molar-refractivity contribution in [2.75, 3.05) is 0 Å². The first-order valence-corrected chi connectivity index (χ1v) is 10.3. The second-order valence-electron chi connectivity index (χ2n) is 9.17. The molecule has 4 fully saturated rings. The van der Waals surface area contributed by atoms with Crippen LogP contribution in [-0.4, -0.2) is 37.8 Å². The molecule has 0 spiro atoms. The lowest BCUT2D eigenvalue weighted by Gasteiger charge is -2.62. The van der Waals surface area contributed by atoms with Crippen LogP contribution in [0.4, 0.5) is 0 Å². The lowest BCUT2D eigenvalue weighted by atomic mass is 9.50. The summed E-state index contributed by atoms with van der Waals surface area (Å²) in [7, 11) is 0. The van der Waals surface area contributed by atoms with E-state index in [2.05, 4.69) is 25.6 Å². The maximum atomic E-state index is 12.9. The first-order chi connectivity index (χ1) is 13.9. The van der Waals surface area contributed by atoms with Crippen molar-refractivity contribution in [1.29, 1.82) is 0 Å². The molecule has 6 rings (SSSR count). The molecule has 2 heterocycles. The third-order valence-corrected chi connectivity index (χ3v) is 6.71. The Morgan fingerprint density at radius 1 is 0.931 bits per heavy atom. The van der Waals surface area contributed by atoms with Gasteiger partial charge in [-0.1, -0.05) is 6.07 Å². The summed E-state index contributed by atoms with van der Waals surface area (Å²) in [5.74, 6) is 0.892. The van der Waals surface area contributed by atoms with Gasteiger partial charge < -0.3 is 10.6 Å². The number of amides is 2. The van der Waals surface area contributed by atoms with Crippen LogP contribution in [0.15, 0.2) is 36.7 Å². The molecule has 4 saturated carbocycles. The molecule has 2 unspecified atom stereocenters. The van der Waals surface area contributed by atoms with Crippen LogP contribution < -0.4 is 10.6 Å². The summed E-state index contributed by atoms with van der Waals surface area (Å²) >= 11 is 0. The largest absolute Gasteiger partial charge is 0.345 e. The SMILES string of the molecule is Cc1ccnc(C(=O)NC23CC4CC(CC(NC(=O)c5ccccn5)(C4)C2)C3)n1. The number of hydrogen-bond acceptors (Lipinski definition) is 5. The molecule has 2 N–H and O–H groups in total. The summed E-state index contributed by atoms with van der Waals surface area (Å²) in [6, 6.07) is 7.15. The second kappa shape index (κ2) is 6.61. The summed E-state index contributed by atoms with van der Waals surface area (Å²) in [5.41, 5.74) is 0.634. The molecule has 0 aromatic carbocycles. The lowest BCUT2D eigenvalue weighted by molar-refractivity contribution is -0.0449. The van der Waals surface area contributed by atoms with Gasteiger partial charge in [0, 0.05) is 29.2 Å². The zero-order valence-corrected chi connectivity index (χ0v) is 16.5. The first kappa shape index (κ1) is 18.2. The van der Waals surface area contributed by atoms with Gasteiger partial charge in [-0.05, 0) is 75.5 Å². The molecule has 4 bridgehead atoms. The minimum absolute atomic E-state index is 0.129. The molecule has 4 aliphatic carbocycles. The minimum Gasteiger partial charge on any atom is -0.345 e. The number of carbonyl (C=O) groups is 2. The zero-order valence-electron chi connectivity index (χ0n) is 16.5. The van der Waals surface area contributed by atoms with E-state index in [-0.39, 0.29) is 28.7 Å². The lowest BCUT2D eigenvalue weighted by Crippen LogP contribution is -2.70. The fraction of sp³-hybridized carbons (Fsp3) is 0.500. The predicted molar refractivity (Wildman–Crippen MR) is 106 cm³/mol. The summed E-state index contributed by atoms with van der Waals surface area (Å²) in [6.45, 7) is 1.85. The maximum absolute atomic E-state index is 12.9. The molecule has 29 heavy (non-hydrogen) atoms. The third-order valence-electron chi connectivity index (χ3n) is 6.71. The Kier molecular flexibility index (Phi) is 4.15. The number of carbonyl (C=O) groups excluding carboxylic acids is 2. The van der Waals surface area contributed by atoms with Gasteiger partial charge in [-0.2, -0.15) is 0 Å². The molecule has 2 atom stereocenters. The molecule has 0 aliphatic heterocycles. The molecule has 150 valence electrons. The average Bonchev–Trinajstić information content (AvgIpc) is 2.67. The van der Waals surface area contributed by atoms with Crippen LogP contribution >= 0.6 is 0 Å². The number of nitrogens with one attached hydrogen (secondary N) is 2. The van der Waals surface area contributed by atoms with Crippen LogP contribution in [0.3, 0.4) is 0 Å². The van der Waals surface area contributed by atoms with Gasteiger partial charge in [0.25, 0.3) is 11.8 Å². The van der Waals surface area contributed by atoms with E-state index >= 15 is 0 Å². The van der Waals surface area contributed by atoms with Crippen LogP contribution in [0.1, 0.15) is 65.3 Å². The number of aryl methyl sites for hydroxylation is 1. The molecular weight excluding hydrogens is 366 g/mol. The highest BCUT2D eigenvalue weighted by molar-refractivity contribution is 5.93. The summed E-state index contributed by atoms with van der Waals surface area (Å²) < 4.78 is 0. The van der Waals surface area contributed by atoms with Gasteiger partial charge >= 0.3 is 0 Å². The predicted octanol–water partition coefficient (Wildman–Crippen LogP) is 2.43. The first-order valence-electron chi connectivity index (χ1n) is 10.3. The van der Waals surface area contributed by atoms with Gasteiger partial charge in [0.15, 0.2) is 0 Å². The number of aromatic nitrogens is 3. The van der Waals surface area contributed by atoms with Gasteiger partial charge in [0.1, 0.15) is 5.69 Å². The fourth-order valence-electron chi connectivity index (χ4n) is 6.21. The molecule has 0 radical (unpaired) electrons. The second-order valence-corrected chi connectivity index (χ2v) is 9.17. The molecule has 7 nitrogen and oxygen atoms in total. The molecule has 4 aliphatic rings. The van der Waals surface area contributed by atoms with Crippen molar-refractivity contribution < 1.29 is 9.59 Å². The van der Waals surface area contributed by atoms with Gasteiger partial charge in [0.2, 0.25) is 5.82 Å². The van der Waals surface area contributed by atoms with Crippen molar-refractivity contribution in [1.82, 2.24) is 25.6 Å². The smallest absolute Gasteiger partial charge is 0.289 e. The molecule has 2 aromatic heterocycles. The van der Waals surface area contributed by atoms with Crippen LogP contribution in [0.5, 0.6) is 0 Å². The Bertz CT molecular complexity index is 947. The number of pyridine rings is 1. The number of rotatable bonds is 4. The van der Waals surface area contributed by atoms with Crippen molar-refractivity contribution in [3.63, 3.8) is 0 Å². The quantitative estimate of drug-likeness (QED) is 0.834. The van der Waals surface area contributed by atoms with Gasteiger partial charge in [0.05, 0.1) is 0 Å².